The van der Waals surface area contributed by atoms with E-state index in [9.17, 15) is 4.79 Å². The van der Waals surface area contributed by atoms with Gasteiger partial charge in [0.15, 0.2) is 0 Å². The Morgan fingerprint density at radius 3 is 2.58 bits per heavy atom. The molecule has 12 heavy (non-hydrogen) atoms. The van der Waals surface area contributed by atoms with Gasteiger partial charge < -0.3 is 15.7 Å². The quantitative estimate of drug-likeness (QED) is 0.524. The fourth-order valence-electron chi connectivity index (χ4n) is 1.37. The van der Waals surface area contributed by atoms with Gasteiger partial charge in [0.25, 0.3) is 0 Å². The lowest BCUT2D eigenvalue weighted by atomic mass is 9.89. The molecular formula is C8H16N2O2. The first-order valence-electron chi connectivity index (χ1n) is 4.29. The molecule has 4 nitrogen and oxygen atoms in total. The first-order chi connectivity index (χ1) is 5.63. The molecular weight excluding hydrogens is 156 g/mol. The lowest BCUT2D eigenvalue weighted by Crippen LogP contribution is -2.52. The van der Waals surface area contributed by atoms with Crippen molar-refractivity contribution < 1.29 is 9.90 Å². The second kappa shape index (κ2) is 3.87. The van der Waals surface area contributed by atoms with Crippen LogP contribution in [0.15, 0.2) is 0 Å². The largest absolute Gasteiger partial charge is 0.393 e. The molecule has 0 spiro atoms. The molecule has 0 aromatic carbocycles. The summed E-state index contributed by atoms with van der Waals surface area (Å²) in [6, 6.07) is 0.153. The van der Waals surface area contributed by atoms with Gasteiger partial charge in [-0.05, 0) is 19.8 Å². The van der Waals surface area contributed by atoms with E-state index in [-0.39, 0.29) is 18.1 Å². The Morgan fingerprint density at radius 2 is 2.17 bits per heavy atom. The third-order valence-corrected chi connectivity index (χ3v) is 2.24. The molecule has 1 aliphatic rings. The summed E-state index contributed by atoms with van der Waals surface area (Å²) in [7, 11) is 1.62. The van der Waals surface area contributed by atoms with Gasteiger partial charge in [0, 0.05) is 13.1 Å². The molecule has 0 radical (unpaired) electrons. The lowest BCUT2D eigenvalue weighted by molar-refractivity contribution is -0.122. The van der Waals surface area contributed by atoms with Crippen molar-refractivity contribution >= 4 is 5.91 Å². The molecule has 0 saturated heterocycles. The monoisotopic (exact) mass is 172 g/mol. The number of hydrogen-bond acceptors (Lipinski definition) is 3. The van der Waals surface area contributed by atoms with Crippen molar-refractivity contribution in [3.8, 4) is 0 Å². The molecule has 1 atom stereocenters. The Labute approximate surface area is 72.3 Å². The highest BCUT2D eigenvalue weighted by Gasteiger charge is 2.29. The molecule has 1 fully saturated rings. The molecule has 0 heterocycles. The van der Waals surface area contributed by atoms with Crippen LogP contribution < -0.4 is 10.6 Å². The number of amides is 1. The number of hydrogen-bond donors (Lipinski definition) is 3. The van der Waals surface area contributed by atoms with Crippen LogP contribution in [0, 0.1) is 0 Å². The van der Waals surface area contributed by atoms with E-state index in [1.807, 2.05) is 6.92 Å². The van der Waals surface area contributed by atoms with Gasteiger partial charge >= 0.3 is 0 Å². The number of carbonyl (C=O) groups excluding carboxylic acids is 1. The SMILES string of the molecule is CNC(=O)C(C)NC1CC(O)C1. The predicted octanol–water partition coefficient (Wildman–Crippen LogP) is -0.766. The molecule has 70 valence electrons. The summed E-state index contributed by atoms with van der Waals surface area (Å²) >= 11 is 0. The fraction of sp³-hybridized carbons (Fsp3) is 0.875. The van der Waals surface area contributed by atoms with Gasteiger partial charge in [-0.3, -0.25) is 4.79 Å². The number of nitrogens with one attached hydrogen (secondary N) is 2. The van der Waals surface area contributed by atoms with Crippen LogP contribution in [0.5, 0.6) is 0 Å². The molecule has 1 rings (SSSR count). The van der Waals surface area contributed by atoms with E-state index in [0.29, 0.717) is 6.04 Å². The maximum atomic E-state index is 11.0. The molecule has 0 aromatic heterocycles. The molecule has 1 amide bonds. The van der Waals surface area contributed by atoms with Crippen LogP contribution >= 0.6 is 0 Å². The van der Waals surface area contributed by atoms with E-state index in [2.05, 4.69) is 10.6 Å². The van der Waals surface area contributed by atoms with Crippen LogP contribution in [0.2, 0.25) is 0 Å². The number of likely N-dealkylation sites (N-methyl/N-ethyl adjacent to an activating group) is 1. The molecule has 1 aliphatic carbocycles. The maximum Gasteiger partial charge on any atom is 0.236 e. The zero-order valence-corrected chi connectivity index (χ0v) is 7.50. The molecule has 3 N–H and O–H groups in total. The summed E-state index contributed by atoms with van der Waals surface area (Å²) in [5.41, 5.74) is 0. The highest BCUT2D eigenvalue weighted by atomic mass is 16.3. The summed E-state index contributed by atoms with van der Waals surface area (Å²) < 4.78 is 0. The number of aliphatic hydroxyl groups excluding tert-OH is 1. The van der Waals surface area contributed by atoms with Crippen LogP contribution in [0.3, 0.4) is 0 Å². The lowest BCUT2D eigenvalue weighted by Gasteiger charge is -2.33. The van der Waals surface area contributed by atoms with Crippen LogP contribution in [-0.2, 0) is 4.79 Å². The van der Waals surface area contributed by atoms with Crippen LogP contribution in [0.25, 0.3) is 0 Å². The highest BCUT2D eigenvalue weighted by Crippen LogP contribution is 2.19. The van der Waals surface area contributed by atoms with Crippen molar-refractivity contribution in [2.45, 2.75) is 38.0 Å². The minimum atomic E-state index is -0.167. The summed E-state index contributed by atoms with van der Waals surface area (Å²) in [6.45, 7) is 1.82. The van der Waals surface area contributed by atoms with E-state index < -0.39 is 0 Å². The van der Waals surface area contributed by atoms with Crippen LogP contribution in [0.4, 0.5) is 0 Å². The summed E-state index contributed by atoms with van der Waals surface area (Å²) in [5, 5.41) is 14.7. The maximum absolute atomic E-state index is 11.0. The molecule has 0 aromatic rings. The average molecular weight is 172 g/mol. The van der Waals surface area contributed by atoms with Gasteiger partial charge in [0.1, 0.15) is 0 Å². The topological polar surface area (TPSA) is 61.4 Å². The van der Waals surface area contributed by atoms with Crippen molar-refractivity contribution in [3.05, 3.63) is 0 Å². The summed E-state index contributed by atoms with van der Waals surface area (Å²) in [4.78, 5) is 11.0. The van der Waals surface area contributed by atoms with Gasteiger partial charge in [-0.15, -0.1) is 0 Å². The first-order valence-corrected chi connectivity index (χ1v) is 4.29. The van der Waals surface area contributed by atoms with E-state index in [1.54, 1.807) is 7.05 Å². The number of rotatable bonds is 3. The molecule has 0 aliphatic heterocycles. The highest BCUT2D eigenvalue weighted by molar-refractivity contribution is 5.80. The van der Waals surface area contributed by atoms with Crippen molar-refractivity contribution in [2.75, 3.05) is 7.05 Å². The summed E-state index contributed by atoms with van der Waals surface area (Å²) in [6.07, 6.45) is 1.36. The Hall–Kier alpha value is -0.610. The standard InChI is InChI=1S/C8H16N2O2/c1-5(8(12)9-2)10-6-3-7(11)4-6/h5-7,10-11H,3-4H2,1-2H3,(H,9,12). The van der Waals surface area contributed by atoms with Gasteiger partial charge in [-0.2, -0.15) is 0 Å². The van der Waals surface area contributed by atoms with E-state index >= 15 is 0 Å². The van der Waals surface area contributed by atoms with Gasteiger partial charge in [-0.1, -0.05) is 0 Å². The zero-order valence-electron chi connectivity index (χ0n) is 7.50. The smallest absolute Gasteiger partial charge is 0.236 e. The first kappa shape index (κ1) is 9.48. The van der Waals surface area contributed by atoms with E-state index in [0.717, 1.165) is 12.8 Å². The predicted molar refractivity (Wildman–Crippen MR) is 45.7 cm³/mol. The molecule has 4 heteroatoms. The minimum Gasteiger partial charge on any atom is -0.393 e. The Morgan fingerprint density at radius 1 is 1.58 bits per heavy atom. The second-order valence-electron chi connectivity index (χ2n) is 3.32. The van der Waals surface area contributed by atoms with Crippen molar-refractivity contribution in [2.24, 2.45) is 0 Å². The second-order valence-corrected chi connectivity index (χ2v) is 3.32. The van der Waals surface area contributed by atoms with Gasteiger partial charge in [0.2, 0.25) is 5.91 Å². The third-order valence-electron chi connectivity index (χ3n) is 2.24. The summed E-state index contributed by atoms with van der Waals surface area (Å²) in [5.74, 6) is -0.00334. The minimum absolute atomic E-state index is 0.00334. The molecule has 1 saturated carbocycles. The van der Waals surface area contributed by atoms with Gasteiger partial charge in [-0.25, -0.2) is 0 Å². The van der Waals surface area contributed by atoms with Crippen molar-refractivity contribution in [1.82, 2.24) is 10.6 Å². The third kappa shape index (κ3) is 2.19. The Bertz CT molecular complexity index is 166. The Kier molecular flexibility index (Phi) is 3.05. The fourth-order valence-corrected chi connectivity index (χ4v) is 1.37. The Balaban J connectivity index is 2.18. The van der Waals surface area contributed by atoms with Crippen molar-refractivity contribution in [3.63, 3.8) is 0 Å². The van der Waals surface area contributed by atoms with Crippen LogP contribution in [-0.4, -0.2) is 36.2 Å². The zero-order chi connectivity index (χ0) is 9.14. The number of aliphatic hydroxyl groups is 1. The molecule has 1 unspecified atom stereocenters. The van der Waals surface area contributed by atoms with Crippen LogP contribution in [0.1, 0.15) is 19.8 Å². The van der Waals surface area contributed by atoms with Gasteiger partial charge in [0.05, 0.1) is 12.1 Å². The van der Waals surface area contributed by atoms with E-state index in [1.165, 1.54) is 0 Å². The van der Waals surface area contributed by atoms with Crippen molar-refractivity contribution in [1.29, 1.82) is 0 Å². The number of carbonyl (C=O) groups is 1. The molecule has 0 bridgehead atoms. The van der Waals surface area contributed by atoms with E-state index in [4.69, 9.17) is 5.11 Å². The normalized spacial score (nSPS) is 30.6. The average Bonchev–Trinajstić information content (AvgIpc) is 2.00.